The molecule has 2 heterocycles. The Morgan fingerprint density at radius 3 is 1.66 bits per heavy atom. The fraction of sp³-hybridized carbons (Fsp3) is 0.241. The first-order chi connectivity index (χ1) is 22.5. The van der Waals surface area contributed by atoms with Crippen molar-refractivity contribution in [3.8, 4) is 5.88 Å². The van der Waals surface area contributed by atoms with Crippen LogP contribution in [-0.4, -0.2) is 37.3 Å². The Labute approximate surface area is 293 Å². The van der Waals surface area contributed by atoms with E-state index in [0.29, 0.717) is 0 Å². The van der Waals surface area contributed by atoms with E-state index in [-0.39, 0.29) is 55.8 Å². The number of pyridine rings is 2. The first-order valence-corrected chi connectivity index (χ1v) is 14.5. The molecule has 2 aromatic heterocycles. The van der Waals surface area contributed by atoms with E-state index in [4.69, 9.17) is 9.84 Å². The fourth-order valence-electron chi connectivity index (χ4n) is 3.50. The molecule has 0 aliphatic rings. The van der Waals surface area contributed by atoms with Crippen molar-refractivity contribution in [2.75, 3.05) is 0 Å². The molecular formula is C29H24Br2F8N4O7. The summed E-state index contributed by atoms with van der Waals surface area (Å²) in [6.45, 7) is 2.75. The summed E-state index contributed by atoms with van der Waals surface area (Å²) < 4.78 is 106. The lowest BCUT2D eigenvalue weighted by Gasteiger charge is -2.22. The molecular weight excluding hydrogens is 828 g/mol. The van der Waals surface area contributed by atoms with Crippen molar-refractivity contribution in [1.82, 2.24) is 9.97 Å². The number of rotatable bonds is 6. The Balaban J connectivity index is 0.000000407. The number of benzene rings is 2. The molecule has 0 saturated heterocycles. The molecule has 0 radical (unpaired) electrons. The van der Waals surface area contributed by atoms with Crippen molar-refractivity contribution in [3.05, 3.63) is 134 Å². The van der Waals surface area contributed by atoms with E-state index in [1.165, 1.54) is 19.9 Å². The van der Waals surface area contributed by atoms with Gasteiger partial charge in [-0.25, -0.2) is 13.8 Å². The lowest BCUT2D eigenvalue weighted by atomic mass is 10.1. The molecule has 0 spiro atoms. The highest BCUT2D eigenvalue weighted by molar-refractivity contribution is 9.10. The van der Waals surface area contributed by atoms with Crippen LogP contribution in [0.1, 0.15) is 42.1 Å². The number of ether oxygens (including phenoxy) is 1. The van der Waals surface area contributed by atoms with Gasteiger partial charge in [0.25, 0.3) is 16.9 Å². The molecule has 0 amide bonds. The van der Waals surface area contributed by atoms with Crippen molar-refractivity contribution >= 4 is 43.2 Å². The zero-order chi connectivity index (χ0) is 37.4. The van der Waals surface area contributed by atoms with E-state index in [2.05, 4.69) is 41.8 Å². The molecule has 4 rings (SSSR count). The molecule has 0 aliphatic heterocycles. The number of aryl methyl sites for hydroxylation is 2. The van der Waals surface area contributed by atoms with Crippen molar-refractivity contribution in [2.45, 2.75) is 45.8 Å². The zero-order valence-corrected chi connectivity index (χ0v) is 27.6. The van der Waals surface area contributed by atoms with Crippen LogP contribution >= 0.6 is 31.9 Å². The van der Waals surface area contributed by atoms with E-state index in [1.54, 1.807) is 0 Å². The van der Waals surface area contributed by atoms with Crippen molar-refractivity contribution < 1.29 is 54.8 Å². The third-order valence-electron chi connectivity index (χ3n) is 5.86. The van der Waals surface area contributed by atoms with Gasteiger partial charge in [-0.15, -0.1) is 0 Å². The van der Waals surface area contributed by atoms with Gasteiger partial charge in [-0.05, 0) is 75.5 Å². The number of aromatic amines is 1. The highest BCUT2D eigenvalue weighted by Gasteiger charge is 2.44. The standard InChI is InChI=1S/C14H9BrF4N2O3.C8H6F4O.C6H5BrN2O3.CH4/c1-7-11(21(22)23)6-10(15)13(20-7)24-12(14(17,18)19)8-2-4-9(16)5-3-8;9-6-3-1-5(2-4-6)7(13)8(10,11)12;1-3-5(9(11)12)2-4(7)6(10)8-3;/h2-6,12H,1H3;1-4,7,13H;2H,1H3,(H,8,10);1H4. The lowest BCUT2D eigenvalue weighted by molar-refractivity contribution is -0.386. The van der Waals surface area contributed by atoms with Gasteiger partial charge >= 0.3 is 12.4 Å². The maximum Gasteiger partial charge on any atom is 0.429 e. The Bertz CT molecular complexity index is 1840. The number of nitro groups is 2. The quantitative estimate of drug-likeness (QED) is 0.110. The van der Waals surface area contributed by atoms with E-state index < -0.39 is 51.9 Å². The van der Waals surface area contributed by atoms with Gasteiger partial charge in [-0.3, -0.25) is 25.0 Å². The molecule has 272 valence electrons. The second kappa shape index (κ2) is 17.9. The van der Waals surface area contributed by atoms with Crippen LogP contribution in [0.25, 0.3) is 0 Å². The van der Waals surface area contributed by atoms with Crippen LogP contribution < -0.4 is 10.3 Å². The third-order valence-corrected chi connectivity index (χ3v) is 7.02. The number of aliphatic hydroxyl groups excluding tert-OH is 1. The van der Waals surface area contributed by atoms with Crippen molar-refractivity contribution in [3.63, 3.8) is 0 Å². The molecule has 11 nitrogen and oxygen atoms in total. The van der Waals surface area contributed by atoms with E-state index in [0.717, 1.165) is 54.6 Å². The number of nitrogens with zero attached hydrogens (tertiary/aromatic N) is 3. The molecule has 2 aromatic carbocycles. The molecule has 2 atom stereocenters. The second-order valence-corrected chi connectivity index (χ2v) is 11.1. The Hall–Kier alpha value is -4.50. The number of halogens is 10. The molecule has 0 aliphatic carbocycles. The van der Waals surface area contributed by atoms with Crippen LogP contribution in [0.15, 0.2) is 74.4 Å². The molecule has 2 unspecified atom stereocenters. The summed E-state index contributed by atoms with van der Waals surface area (Å²) in [5.74, 6) is -1.78. The molecule has 50 heavy (non-hydrogen) atoms. The van der Waals surface area contributed by atoms with Gasteiger partial charge in [0.1, 0.15) is 17.3 Å². The number of nitrogens with one attached hydrogen (secondary N) is 1. The van der Waals surface area contributed by atoms with Gasteiger partial charge in [0.15, 0.2) is 6.10 Å². The highest BCUT2D eigenvalue weighted by Crippen LogP contribution is 2.39. The summed E-state index contributed by atoms with van der Waals surface area (Å²) in [7, 11) is 0. The summed E-state index contributed by atoms with van der Waals surface area (Å²) in [5.41, 5.74) is -1.35. The third kappa shape index (κ3) is 12.4. The maximum atomic E-state index is 13.3. The number of aromatic nitrogens is 2. The van der Waals surface area contributed by atoms with Gasteiger partial charge in [-0.1, -0.05) is 31.7 Å². The summed E-state index contributed by atoms with van der Waals surface area (Å²) in [6.07, 6.45) is -14.5. The topological polar surface area (TPSA) is 161 Å². The maximum absolute atomic E-state index is 13.3. The molecule has 21 heteroatoms. The largest absolute Gasteiger partial charge is 0.459 e. The highest BCUT2D eigenvalue weighted by atomic mass is 79.9. The summed E-state index contributed by atoms with van der Waals surface area (Å²) in [4.78, 5) is 36.8. The molecule has 2 N–H and O–H groups in total. The molecule has 0 bridgehead atoms. The molecule has 4 aromatic rings. The average molecular weight is 852 g/mol. The van der Waals surface area contributed by atoms with E-state index >= 15 is 0 Å². The van der Waals surface area contributed by atoms with Gasteiger partial charge in [0.2, 0.25) is 12.0 Å². The Morgan fingerprint density at radius 1 is 0.800 bits per heavy atom. The SMILES string of the molecule is C.Cc1[nH]c(=O)c(Br)cc1[N+](=O)[O-].Cc1nc(OC(c2ccc(F)cc2)C(F)(F)F)c(Br)cc1[N+](=O)[O-].OC(c1ccc(F)cc1)C(F)(F)F. The summed E-state index contributed by atoms with van der Waals surface area (Å²) >= 11 is 5.81. The van der Waals surface area contributed by atoms with Crippen LogP contribution in [0.2, 0.25) is 0 Å². The van der Waals surface area contributed by atoms with Gasteiger partial charge in [0, 0.05) is 17.7 Å². The summed E-state index contributed by atoms with van der Waals surface area (Å²) in [5, 5.41) is 29.9. The number of hydrogen-bond donors (Lipinski definition) is 2. The lowest BCUT2D eigenvalue weighted by Crippen LogP contribution is -2.26. The number of H-pyrrole nitrogens is 1. The zero-order valence-electron chi connectivity index (χ0n) is 24.4. The minimum atomic E-state index is -4.80. The predicted molar refractivity (Wildman–Crippen MR) is 169 cm³/mol. The Kier molecular flexibility index (Phi) is 15.6. The van der Waals surface area contributed by atoms with Gasteiger partial charge in [0.05, 0.1) is 24.5 Å². The smallest absolute Gasteiger partial charge is 0.429 e. The summed E-state index contributed by atoms with van der Waals surface area (Å²) in [6, 6.07) is 9.36. The monoisotopic (exact) mass is 850 g/mol. The average Bonchev–Trinajstić information content (AvgIpc) is 2.99. The van der Waals surface area contributed by atoms with Crippen molar-refractivity contribution in [2.24, 2.45) is 0 Å². The Morgan fingerprint density at radius 2 is 1.24 bits per heavy atom. The molecule has 0 fully saturated rings. The molecule has 0 saturated carbocycles. The van der Waals surface area contributed by atoms with Gasteiger partial charge < -0.3 is 14.8 Å². The number of alkyl halides is 6. The van der Waals surface area contributed by atoms with Crippen molar-refractivity contribution in [1.29, 1.82) is 0 Å². The first-order valence-electron chi connectivity index (χ1n) is 12.9. The van der Waals surface area contributed by atoms with Gasteiger partial charge in [-0.2, -0.15) is 26.3 Å². The minimum absolute atomic E-state index is 0. The fourth-order valence-corrected chi connectivity index (χ4v) is 4.22. The van der Waals surface area contributed by atoms with E-state index in [1.807, 2.05) is 0 Å². The van der Waals surface area contributed by atoms with Crippen LogP contribution in [0, 0.1) is 45.7 Å². The predicted octanol–water partition coefficient (Wildman–Crippen LogP) is 9.29. The van der Waals surface area contributed by atoms with Crippen LogP contribution in [0.4, 0.5) is 46.5 Å². The van der Waals surface area contributed by atoms with Crippen LogP contribution in [-0.2, 0) is 0 Å². The first kappa shape index (κ1) is 43.5. The second-order valence-electron chi connectivity index (χ2n) is 9.44. The number of aliphatic hydroxyl groups is 1. The van der Waals surface area contributed by atoms with Crippen LogP contribution in [0.5, 0.6) is 5.88 Å². The van der Waals surface area contributed by atoms with Crippen LogP contribution in [0.3, 0.4) is 0 Å². The minimum Gasteiger partial charge on any atom is -0.459 e. The normalized spacial score (nSPS) is 12.2. The van der Waals surface area contributed by atoms with E-state index in [9.17, 15) is 60.1 Å². The number of hydrogen-bond acceptors (Lipinski definition) is 8.